The van der Waals surface area contributed by atoms with E-state index >= 15 is 0 Å². The summed E-state index contributed by atoms with van der Waals surface area (Å²) in [6.07, 6.45) is 1.07. The molecule has 1 rings (SSSR count). The lowest BCUT2D eigenvalue weighted by Gasteiger charge is -2.49. The van der Waals surface area contributed by atoms with Gasteiger partial charge in [-0.15, -0.1) is 0 Å². The van der Waals surface area contributed by atoms with Gasteiger partial charge < -0.3 is 13.3 Å². The third-order valence-corrected chi connectivity index (χ3v) is 17.5. The first kappa shape index (κ1) is 15.5. The second-order valence-corrected chi connectivity index (χ2v) is 15.1. The Labute approximate surface area is 107 Å². The molecule has 1 fully saturated rings. The lowest BCUT2D eigenvalue weighted by molar-refractivity contribution is 0.320. The van der Waals surface area contributed by atoms with Crippen LogP contribution in [0.15, 0.2) is 0 Å². The van der Waals surface area contributed by atoms with E-state index < -0.39 is 25.9 Å². The molecule has 0 aliphatic carbocycles. The second kappa shape index (κ2) is 5.59. The predicted molar refractivity (Wildman–Crippen MR) is 74.5 cm³/mol. The summed E-state index contributed by atoms with van der Waals surface area (Å²) in [6, 6.07) is 1.00. The maximum absolute atomic E-state index is 5.80. The molecule has 0 saturated carbocycles. The number of nitrogens with one attached hydrogen (secondary N) is 3. The fourth-order valence-corrected chi connectivity index (χ4v) is 18.8. The molecule has 1 aliphatic heterocycles. The summed E-state index contributed by atoms with van der Waals surface area (Å²) in [5.74, 6) is 0. The standard InChI is InChI=1S/C8H25N3O3Si3/c1-7-8-17(14-4)10-15(5,12-2)9-16(6,11-17)13-3/h9-11H,7-8H2,1-6H3. The molecule has 1 heterocycles. The van der Waals surface area contributed by atoms with Crippen molar-refractivity contribution in [2.24, 2.45) is 0 Å². The normalized spacial score (nSPS) is 42.7. The van der Waals surface area contributed by atoms with Crippen molar-refractivity contribution in [3.63, 3.8) is 0 Å². The van der Waals surface area contributed by atoms with Crippen molar-refractivity contribution in [3.05, 3.63) is 0 Å². The van der Waals surface area contributed by atoms with Crippen molar-refractivity contribution in [2.45, 2.75) is 32.5 Å². The van der Waals surface area contributed by atoms with Gasteiger partial charge in [0.15, 0.2) is 0 Å². The van der Waals surface area contributed by atoms with Crippen LogP contribution in [-0.2, 0) is 13.3 Å². The summed E-state index contributed by atoms with van der Waals surface area (Å²) in [5.41, 5.74) is 0. The van der Waals surface area contributed by atoms with E-state index in [1.807, 2.05) is 0 Å². The highest BCUT2D eigenvalue weighted by Gasteiger charge is 2.56. The molecular weight excluding hydrogens is 270 g/mol. The van der Waals surface area contributed by atoms with Gasteiger partial charge >= 0.3 is 25.9 Å². The van der Waals surface area contributed by atoms with Crippen LogP contribution in [0, 0.1) is 0 Å². The highest BCUT2D eigenvalue weighted by Crippen LogP contribution is 2.18. The summed E-state index contributed by atoms with van der Waals surface area (Å²) < 4.78 is 27.8. The van der Waals surface area contributed by atoms with E-state index in [0.29, 0.717) is 0 Å². The predicted octanol–water partition coefficient (Wildman–Crippen LogP) is 0.194. The number of rotatable bonds is 5. The fourth-order valence-electron chi connectivity index (χ4n) is 2.20. The van der Waals surface area contributed by atoms with E-state index in [0.717, 1.165) is 12.5 Å². The van der Waals surface area contributed by atoms with E-state index in [9.17, 15) is 0 Å². The van der Waals surface area contributed by atoms with Gasteiger partial charge in [0, 0.05) is 21.3 Å². The minimum Gasteiger partial charge on any atom is -0.396 e. The first-order valence-corrected chi connectivity index (χ1v) is 12.8. The Hall–Kier alpha value is 0.411. The third kappa shape index (κ3) is 3.45. The summed E-state index contributed by atoms with van der Waals surface area (Å²) in [5, 5.41) is 0. The van der Waals surface area contributed by atoms with Crippen LogP contribution >= 0.6 is 0 Å². The minimum atomic E-state index is -2.16. The van der Waals surface area contributed by atoms with E-state index in [-0.39, 0.29) is 0 Å². The van der Waals surface area contributed by atoms with E-state index in [1.165, 1.54) is 0 Å². The SMILES string of the molecule is CCC[Si]1(OC)N[Si](C)(OC)N[Si](C)(OC)N1. The van der Waals surface area contributed by atoms with E-state index in [4.69, 9.17) is 13.3 Å². The van der Waals surface area contributed by atoms with Crippen LogP contribution in [-0.4, -0.2) is 47.3 Å². The smallest absolute Gasteiger partial charge is 0.343 e. The van der Waals surface area contributed by atoms with Gasteiger partial charge in [0.25, 0.3) is 0 Å². The molecule has 0 spiro atoms. The van der Waals surface area contributed by atoms with Crippen LogP contribution < -0.4 is 13.9 Å². The van der Waals surface area contributed by atoms with Crippen molar-refractivity contribution < 1.29 is 13.3 Å². The Morgan fingerprint density at radius 3 is 1.59 bits per heavy atom. The summed E-state index contributed by atoms with van der Waals surface area (Å²) in [7, 11) is -1.21. The molecule has 0 aromatic heterocycles. The molecule has 2 unspecified atom stereocenters. The fraction of sp³-hybridized carbons (Fsp3) is 1.00. The maximum atomic E-state index is 5.80. The summed E-state index contributed by atoms with van der Waals surface area (Å²) in [4.78, 5) is 0. The highest BCUT2D eigenvalue weighted by atomic mass is 28.5. The molecule has 6 nitrogen and oxygen atoms in total. The van der Waals surface area contributed by atoms with Gasteiger partial charge in [-0.1, -0.05) is 13.3 Å². The quantitative estimate of drug-likeness (QED) is 0.630. The topological polar surface area (TPSA) is 63.8 Å². The molecule has 102 valence electrons. The van der Waals surface area contributed by atoms with Gasteiger partial charge in [-0.05, 0) is 19.1 Å². The monoisotopic (exact) mass is 295 g/mol. The second-order valence-electron chi connectivity index (χ2n) is 4.63. The molecule has 0 bridgehead atoms. The van der Waals surface area contributed by atoms with Crippen molar-refractivity contribution in [3.8, 4) is 0 Å². The molecule has 0 amide bonds. The average molecular weight is 296 g/mol. The first-order valence-electron chi connectivity index (χ1n) is 5.90. The Morgan fingerprint density at radius 1 is 0.824 bits per heavy atom. The molecule has 17 heavy (non-hydrogen) atoms. The summed E-state index contributed by atoms with van der Waals surface area (Å²) >= 11 is 0. The van der Waals surface area contributed by atoms with Crippen LogP contribution in [0.25, 0.3) is 0 Å². The molecule has 1 aliphatic rings. The van der Waals surface area contributed by atoms with Crippen LogP contribution in [0.2, 0.25) is 19.1 Å². The van der Waals surface area contributed by atoms with Crippen molar-refractivity contribution >= 4 is 25.9 Å². The van der Waals surface area contributed by atoms with Gasteiger partial charge in [-0.25, -0.2) is 0 Å². The minimum absolute atomic E-state index is 1.00. The highest BCUT2D eigenvalue weighted by molar-refractivity contribution is 7.00. The maximum Gasteiger partial charge on any atom is 0.343 e. The number of hydrogen-bond donors (Lipinski definition) is 3. The molecule has 0 radical (unpaired) electrons. The number of hydrogen-bond acceptors (Lipinski definition) is 6. The Balaban J connectivity index is 2.99. The molecule has 2 atom stereocenters. The first-order chi connectivity index (χ1) is 7.86. The van der Waals surface area contributed by atoms with Crippen LogP contribution in [0.4, 0.5) is 0 Å². The zero-order chi connectivity index (χ0) is 13.2. The Morgan fingerprint density at radius 2 is 1.29 bits per heavy atom. The molecule has 0 aromatic carbocycles. The molecule has 3 N–H and O–H groups in total. The molecule has 9 heteroatoms. The van der Waals surface area contributed by atoms with Crippen molar-refractivity contribution in [2.75, 3.05) is 21.3 Å². The third-order valence-electron chi connectivity index (χ3n) is 3.12. The van der Waals surface area contributed by atoms with Gasteiger partial charge in [-0.3, -0.25) is 13.9 Å². The Bertz CT molecular complexity index is 256. The van der Waals surface area contributed by atoms with Gasteiger partial charge in [0.1, 0.15) is 0 Å². The van der Waals surface area contributed by atoms with E-state index in [2.05, 4.69) is 34.0 Å². The molecule has 0 aromatic rings. The zero-order valence-corrected chi connectivity index (χ0v) is 14.6. The average Bonchev–Trinajstić information content (AvgIpc) is 2.28. The lowest BCUT2D eigenvalue weighted by atomic mass is 10.6. The van der Waals surface area contributed by atoms with Gasteiger partial charge in [0.05, 0.1) is 0 Å². The van der Waals surface area contributed by atoms with Crippen LogP contribution in [0.1, 0.15) is 13.3 Å². The van der Waals surface area contributed by atoms with Gasteiger partial charge in [0.2, 0.25) is 0 Å². The van der Waals surface area contributed by atoms with Crippen molar-refractivity contribution in [1.82, 2.24) is 13.9 Å². The van der Waals surface area contributed by atoms with Gasteiger partial charge in [-0.2, -0.15) is 0 Å². The van der Waals surface area contributed by atoms with Crippen molar-refractivity contribution in [1.29, 1.82) is 0 Å². The summed E-state index contributed by atoms with van der Waals surface area (Å²) in [6.45, 7) is 6.37. The van der Waals surface area contributed by atoms with Crippen LogP contribution in [0.5, 0.6) is 0 Å². The Kier molecular flexibility index (Phi) is 5.08. The zero-order valence-electron chi connectivity index (χ0n) is 11.6. The molecule has 1 saturated heterocycles. The largest absolute Gasteiger partial charge is 0.396 e. The van der Waals surface area contributed by atoms with E-state index in [1.54, 1.807) is 21.3 Å². The lowest BCUT2D eigenvalue weighted by Crippen LogP contribution is -2.92. The molecular formula is C8H25N3O3Si3. The van der Waals surface area contributed by atoms with Crippen LogP contribution in [0.3, 0.4) is 0 Å².